The number of nitriles is 1. The Labute approximate surface area is 300 Å². The maximum atomic E-state index is 13.9. The van der Waals surface area contributed by atoms with E-state index in [0.29, 0.717) is 48.3 Å². The van der Waals surface area contributed by atoms with Crippen LogP contribution in [0, 0.1) is 23.2 Å². The number of hydrogen-bond donors (Lipinski definition) is 0. The predicted octanol–water partition coefficient (Wildman–Crippen LogP) is 5.42. The second kappa shape index (κ2) is 15.0. The maximum Gasteiger partial charge on any atom is 0.410 e. The third-order valence-corrected chi connectivity index (χ3v) is 10.6. The minimum atomic E-state index is -0.707. The van der Waals surface area contributed by atoms with Gasteiger partial charge in [0.05, 0.1) is 17.3 Å². The number of likely N-dealkylation sites (tertiary alicyclic amines) is 1. The van der Waals surface area contributed by atoms with Gasteiger partial charge in [-0.3, -0.25) is 9.69 Å². The Hall–Kier alpha value is -4.20. The Balaban J connectivity index is 1.46. The van der Waals surface area contributed by atoms with Crippen LogP contribution in [0.2, 0.25) is 0 Å². The molecule has 0 N–H and O–H groups in total. The zero-order valence-corrected chi connectivity index (χ0v) is 31.7. The van der Waals surface area contributed by atoms with Crippen LogP contribution in [-0.2, 0) is 16.6 Å². The molecular formula is C37H50N8O4S. The first kappa shape index (κ1) is 37.1. The number of aryl methyl sites for hydroxylation is 1. The number of carbonyl (C=O) groups is 2. The van der Waals surface area contributed by atoms with Gasteiger partial charge in [-0.15, -0.1) is 11.3 Å². The van der Waals surface area contributed by atoms with Crippen LogP contribution >= 0.6 is 11.3 Å². The summed E-state index contributed by atoms with van der Waals surface area (Å²) in [6.45, 7) is 14.0. The molecule has 4 heterocycles. The number of fused-ring (bicyclic) bond motifs is 1. The quantitative estimate of drug-likeness (QED) is 0.121. The van der Waals surface area contributed by atoms with Crippen molar-refractivity contribution in [3.8, 4) is 23.8 Å². The molecule has 1 amide bonds. The number of piperazine rings is 1. The summed E-state index contributed by atoms with van der Waals surface area (Å²) in [6.07, 6.45) is 5.75. The Morgan fingerprint density at radius 2 is 1.98 bits per heavy atom. The summed E-state index contributed by atoms with van der Waals surface area (Å²) >= 11 is 1.52. The van der Waals surface area contributed by atoms with E-state index in [1.54, 1.807) is 17.3 Å². The van der Waals surface area contributed by atoms with Crippen molar-refractivity contribution in [3.05, 3.63) is 27.9 Å². The Bertz CT molecular complexity index is 1730. The van der Waals surface area contributed by atoms with E-state index < -0.39 is 16.8 Å². The predicted molar refractivity (Wildman–Crippen MR) is 196 cm³/mol. The molecule has 1 aliphatic carbocycles. The van der Waals surface area contributed by atoms with Crippen LogP contribution in [-0.4, -0.2) is 114 Å². The Morgan fingerprint density at radius 3 is 2.62 bits per heavy atom. The molecule has 50 heavy (non-hydrogen) atoms. The van der Waals surface area contributed by atoms with E-state index in [1.165, 1.54) is 11.3 Å². The van der Waals surface area contributed by atoms with Crippen LogP contribution in [0.25, 0.3) is 0 Å². The lowest BCUT2D eigenvalue weighted by atomic mass is 9.73. The second-order valence-corrected chi connectivity index (χ2v) is 16.1. The molecule has 12 nitrogen and oxygen atoms in total. The van der Waals surface area contributed by atoms with Gasteiger partial charge in [0.1, 0.15) is 28.6 Å². The number of likely N-dealkylation sites (N-methyl/N-ethyl adjacent to an activating group) is 1. The third kappa shape index (κ3) is 8.39. The number of carbonyl (C=O) groups excluding carboxylic acids is 2. The number of ketones is 1. The topological polar surface area (TPSA) is 127 Å². The molecule has 0 bridgehead atoms. The van der Waals surface area contributed by atoms with E-state index in [2.05, 4.69) is 44.7 Å². The molecule has 0 spiro atoms. The minimum absolute atomic E-state index is 0.0412. The van der Waals surface area contributed by atoms with Crippen molar-refractivity contribution in [1.29, 1.82) is 5.26 Å². The molecule has 0 aromatic carbocycles. The van der Waals surface area contributed by atoms with Gasteiger partial charge in [0, 0.05) is 62.3 Å². The molecule has 0 saturated carbocycles. The molecule has 0 radical (unpaired) electrons. The molecule has 2 fully saturated rings. The van der Waals surface area contributed by atoms with E-state index in [4.69, 9.17) is 14.5 Å². The van der Waals surface area contributed by atoms with Crippen molar-refractivity contribution in [2.24, 2.45) is 4.99 Å². The van der Waals surface area contributed by atoms with Gasteiger partial charge >= 0.3 is 6.09 Å². The molecular weight excluding hydrogens is 653 g/mol. The highest BCUT2D eigenvalue weighted by Crippen LogP contribution is 2.47. The average molecular weight is 703 g/mol. The van der Waals surface area contributed by atoms with Crippen molar-refractivity contribution in [3.63, 3.8) is 0 Å². The number of aromatic nitrogens is 2. The fourth-order valence-corrected chi connectivity index (χ4v) is 8.26. The fraction of sp³-hybridized carbons (Fsp3) is 0.622. The van der Waals surface area contributed by atoms with Gasteiger partial charge in [0.25, 0.3) is 5.78 Å². The molecule has 268 valence electrons. The summed E-state index contributed by atoms with van der Waals surface area (Å²) in [5.41, 5.74) is 0.0927. The summed E-state index contributed by atoms with van der Waals surface area (Å²) in [5.74, 6) is 6.43. The largest absolute Gasteiger partial charge is 0.473 e. The molecule has 2 saturated heterocycles. The SMILES string of the molecule is C[C@H](Oc1cc(N2CCN(C(=O)OC(C)(C)C)C[C@H]2C)nc(C(=O)C#C[C@@]2(C)CCCc3sc(N=CN(C)C)c(C#N)c32)n1)[C@@H]1CCCN1C. The first-order valence-electron chi connectivity index (χ1n) is 17.4. The fourth-order valence-electron chi connectivity index (χ4n) is 7.00. The zero-order chi connectivity index (χ0) is 36.4. The maximum absolute atomic E-state index is 13.9. The number of Topliss-reactive ketones (excluding diaryl/α,β-unsaturated/α-hetero) is 1. The number of rotatable bonds is 7. The Morgan fingerprint density at radius 1 is 1.22 bits per heavy atom. The number of nitrogens with zero attached hydrogens (tertiary/aromatic N) is 8. The smallest absolute Gasteiger partial charge is 0.410 e. The second-order valence-electron chi connectivity index (χ2n) is 15.0. The van der Waals surface area contributed by atoms with Crippen LogP contribution in [0.3, 0.4) is 0 Å². The Kier molecular flexibility index (Phi) is 11.1. The molecule has 3 aliphatic rings. The lowest BCUT2D eigenvalue weighted by molar-refractivity contribution is 0.0218. The summed E-state index contributed by atoms with van der Waals surface area (Å²) in [7, 11) is 5.87. The molecule has 2 aromatic heterocycles. The molecule has 4 atom stereocenters. The highest BCUT2D eigenvalue weighted by molar-refractivity contribution is 7.16. The van der Waals surface area contributed by atoms with Crippen molar-refractivity contribution >= 4 is 40.4 Å². The summed E-state index contributed by atoms with van der Waals surface area (Å²) in [6, 6.07) is 4.27. The molecule has 2 aromatic rings. The number of ether oxygens (including phenoxy) is 2. The van der Waals surface area contributed by atoms with Crippen LogP contribution in [0.5, 0.6) is 5.88 Å². The third-order valence-electron chi connectivity index (χ3n) is 9.46. The van der Waals surface area contributed by atoms with Crippen molar-refractivity contribution in [2.45, 2.75) is 103 Å². The van der Waals surface area contributed by atoms with E-state index >= 15 is 0 Å². The van der Waals surface area contributed by atoms with Gasteiger partial charge in [-0.1, -0.05) is 5.92 Å². The van der Waals surface area contributed by atoms with Gasteiger partial charge in [-0.25, -0.2) is 14.8 Å². The number of amides is 1. The van der Waals surface area contributed by atoms with Crippen molar-refractivity contribution in [2.75, 3.05) is 52.2 Å². The number of anilines is 1. The first-order chi connectivity index (χ1) is 23.6. The first-order valence-corrected chi connectivity index (χ1v) is 18.2. The molecule has 0 unspecified atom stereocenters. The van der Waals surface area contributed by atoms with E-state index in [1.807, 2.05) is 60.5 Å². The highest BCUT2D eigenvalue weighted by Gasteiger charge is 2.37. The van der Waals surface area contributed by atoms with E-state index in [9.17, 15) is 14.9 Å². The lowest BCUT2D eigenvalue weighted by Gasteiger charge is -2.40. The molecule has 2 aliphatic heterocycles. The summed E-state index contributed by atoms with van der Waals surface area (Å²) in [4.78, 5) is 49.6. The van der Waals surface area contributed by atoms with Gasteiger partial charge < -0.3 is 24.2 Å². The number of hydrogen-bond acceptors (Lipinski definition) is 11. The normalized spacial score (nSPS) is 23.1. The summed E-state index contributed by atoms with van der Waals surface area (Å²) < 4.78 is 12.0. The minimum Gasteiger partial charge on any atom is -0.473 e. The monoisotopic (exact) mass is 702 g/mol. The lowest BCUT2D eigenvalue weighted by Crippen LogP contribution is -2.55. The van der Waals surface area contributed by atoms with Gasteiger partial charge in [-0.05, 0) is 93.2 Å². The van der Waals surface area contributed by atoms with Gasteiger partial charge in [0.2, 0.25) is 11.7 Å². The standard InChI is InChI=1S/C37H50N8O4S/c1-24-22-44(35(47)49-36(3,4)5)18-19-45(24)30-20-31(48-25(2)27-12-11-17-43(27)9)41-33(40-30)28(46)14-16-37(6)15-10-13-29-32(37)26(21-38)34(50-29)39-23-42(7)8/h20,23-25,27H,10-13,15,17-19,22H2,1-9H3/t24-,25+,27+,37-/m1/s1. The number of aliphatic imine (C=N–C) groups is 1. The van der Waals surface area contributed by atoms with E-state index in [0.717, 1.165) is 42.7 Å². The van der Waals surface area contributed by atoms with Gasteiger partial charge in [-0.2, -0.15) is 10.2 Å². The van der Waals surface area contributed by atoms with Crippen LogP contribution in [0.4, 0.5) is 15.6 Å². The highest BCUT2D eigenvalue weighted by atomic mass is 32.1. The molecule has 5 rings (SSSR count). The average Bonchev–Trinajstić information content (AvgIpc) is 3.65. The molecule has 13 heteroatoms. The zero-order valence-electron chi connectivity index (χ0n) is 30.9. The van der Waals surface area contributed by atoms with Crippen molar-refractivity contribution < 1.29 is 19.1 Å². The number of thiophene rings is 1. The van der Waals surface area contributed by atoms with Crippen LogP contribution < -0.4 is 9.64 Å². The van der Waals surface area contributed by atoms with Crippen LogP contribution in [0.15, 0.2) is 11.1 Å². The van der Waals surface area contributed by atoms with Crippen LogP contribution in [0.1, 0.15) is 93.8 Å². The van der Waals surface area contributed by atoms with Crippen molar-refractivity contribution in [1.82, 2.24) is 24.7 Å². The van der Waals surface area contributed by atoms with Gasteiger partial charge in [0.15, 0.2) is 0 Å². The summed E-state index contributed by atoms with van der Waals surface area (Å²) in [5, 5.41) is 10.8. The van der Waals surface area contributed by atoms with E-state index in [-0.39, 0.29) is 30.1 Å².